The highest BCUT2D eigenvalue weighted by Gasteiger charge is 2.35. The number of fused-ring (bicyclic) bond motifs is 1. The van der Waals surface area contributed by atoms with Crippen LogP contribution in [0.15, 0.2) is 30.3 Å². The summed E-state index contributed by atoms with van der Waals surface area (Å²) in [5, 5.41) is 0. The predicted molar refractivity (Wildman–Crippen MR) is 97.6 cm³/mol. The Labute approximate surface area is 152 Å². The van der Waals surface area contributed by atoms with Gasteiger partial charge < -0.3 is 4.98 Å². The molecule has 0 spiro atoms. The summed E-state index contributed by atoms with van der Waals surface area (Å²) in [6.07, 6.45) is 0.572. The topological polar surface area (TPSA) is 99.3 Å². The fourth-order valence-corrected chi connectivity index (χ4v) is 4.09. The average molecular weight is 375 g/mol. The molecule has 0 unspecified atom stereocenters. The molecule has 1 aromatic heterocycles. The van der Waals surface area contributed by atoms with Crippen molar-refractivity contribution in [2.24, 2.45) is 0 Å². The average Bonchev–Trinajstić information content (AvgIpc) is 3.03. The Bertz CT molecular complexity index is 928. The molecule has 0 bridgehead atoms. The number of hydrogen-bond donors (Lipinski definition) is 2. The molecule has 2 amide bonds. The van der Waals surface area contributed by atoms with E-state index in [1.807, 2.05) is 19.9 Å². The summed E-state index contributed by atoms with van der Waals surface area (Å²) in [5.74, 6) is -1.21. The molecule has 2 aromatic rings. The minimum absolute atomic E-state index is 0.163. The lowest BCUT2D eigenvalue weighted by molar-refractivity contribution is 0.0664. The molecule has 0 fully saturated rings. The molecule has 2 N–H and O–H groups in total. The van der Waals surface area contributed by atoms with E-state index in [0.717, 1.165) is 21.9 Å². The van der Waals surface area contributed by atoms with E-state index in [4.69, 9.17) is 0 Å². The van der Waals surface area contributed by atoms with Crippen molar-refractivity contribution in [3.05, 3.63) is 58.4 Å². The number of carbonyl (C=O) groups is 2. The molecule has 2 heterocycles. The van der Waals surface area contributed by atoms with E-state index < -0.39 is 21.8 Å². The Morgan fingerprint density at radius 2 is 1.69 bits per heavy atom. The van der Waals surface area contributed by atoms with Gasteiger partial charge in [0.1, 0.15) is 0 Å². The van der Waals surface area contributed by atoms with Gasteiger partial charge in [0.05, 0.1) is 16.9 Å². The van der Waals surface area contributed by atoms with Gasteiger partial charge in [0.2, 0.25) is 10.0 Å². The molecule has 1 aliphatic rings. The molecule has 0 aliphatic carbocycles. The van der Waals surface area contributed by atoms with Gasteiger partial charge in [0, 0.05) is 24.5 Å². The van der Waals surface area contributed by atoms with Gasteiger partial charge >= 0.3 is 0 Å². The minimum Gasteiger partial charge on any atom is -0.362 e. The lowest BCUT2D eigenvalue weighted by atomic mass is 10.1. The Kier molecular flexibility index (Phi) is 4.97. The normalized spacial score (nSPS) is 14.2. The third kappa shape index (κ3) is 3.71. The number of H-pyrrole nitrogens is 1. The van der Waals surface area contributed by atoms with Crippen LogP contribution in [0.5, 0.6) is 0 Å². The minimum atomic E-state index is -3.59. The number of imide groups is 1. The summed E-state index contributed by atoms with van der Waals surface area (Å²) in [7, 11) is -3.59. The summed E-state index contributed by atoms with van der Waals surface area (Å²) in [4.78, 5) is 28.7. The van der Waals surface area contributed by atoms with Gasteiger partial charge in [-0.3, -0.25) is 14.5 Å². The Morgan fingerprint density at radius 3 is 2.23 bits per heavy atom. The number of aryl methyl sites for hydroxylation is 2. The number of amides is 2. The van der Waals surface area contributed by atoms with Gasteiger partial charge in [-0.1, -0.05) is 12.1 Å². The summed E-state index contributed by atoms with van der Waals surface area (Å²) >= 11 is 0. The molecule has 0 saturated heterocycles. The van der Waals surface area contributed by atoms with Crippen LogP contribution in [-0.4, -0.2) is 49.0 Å². The van der Waals surface area contributed by atoms with Crippen LogP contribution in [0.25, 0.3) is 0 Å². The maximum atomic E-state index is 12.2. The zero-order valence-electron chi connectivity index (χ0n) is 14.7. The molecular formula is C18H21N3O4S. The lowest BCUT2D eigenvalue weighted by Crippen LogP contribution is -2.38. The van der Waals surface area contributed by atoms with E-state index in [0.29, 0.717) is 17.5 Å². The molecule has 1 aliphatic heterocycles. The highest BCUT2D eigenvalue weighted by Crippen LogP contribution is 2.22. The van der Waals surface area contributed by atoms with Crippen LogP contribution in [-0.2, 0) is 16.4 Å². The number of aromatic amines is 1. The maximum absolute atomic E-state index is 12.2. The van der Waals surface area contributed by atoms with Crippen LogP contribution in [0.4, 0.5) is 0 Å². The second-order valence-corrected chi connectivity index (χ2v) is 8.30. The number of sulfonamides is 1. The number of nitrogens with zero attached hydrogens (tertiary/aromatic N) is 1. The summed E-state index contributed by atoms with van der Waals surface area (Å²) < 4.78 is 26.9. The third-order valence-corrected chi connectivity index (χ3v) is 5.80. The van der Waals surface area contributed by atoms with Crippen LogP contribution in [0.2, 0.25) is 0 Å². The predicted octanol–water partition coefficient (Wildman–Crippen LogP) is 1.39. The Morgan fingerprint density at radius 1 is 1.08 bits per heavy atom. The first-order valence-corrected chi connectivity index (χ1v) is 10.0. The molecule has 8 heteroatoms. The largest absolute Gasteiger partial charge is 0.362 e. The van der Waals surface area contributed by atoms with Crippen LogP contribution >= 0.6 is 0 Å². The zero-order chi connectivity index (χ0) is 18.9. The molecule has 0 radical (unpaired) electrons. The third-order valence-electron chi connectivity index (χ3n) is 4.44. The first-order chi connectivity index (χ1) is 12.3. The fourth-order valence-electron chi connectivity index (χ4n) is 3.11. The molecular weight excluding hydrogens is 354 g/mol. The SMILES string of the molecule is Cc1cc(CCNS(=O)(=O)CCN2C(=O)c3ccccc3C2=O)c(C)[nH]1. The Hall–Kier alpha value is -2.45. The van der Waals surface area contributed by atoms with E-state index in [1.54, 1.807) is 24.3 Å². The number of aromatic nitrogens is 1. The van der Waals surface area contributed by atoms with Crippen LogP contribution in [0.3, 0.4) is 0 Å². The summed E-state index contributed by atoms with van der Waals surface area (Å²) in [6, 6.07) is 8.49. The van der Waals surface area contributed by atoms with Crippen molar-refractivity contribution in [3.63, 3.8) is 0 Å². The van der Waals surface area contributed by atoms with Crippen molar-refractivity contribution in [1.82, 2.24) is 14.6 Å². The number of benzene rings is 1. The number of carbonyl (C=O) groups excluding carboxylic acids is 2. The Balaban J connectivity index is 1.55. The monoisotopic (exact) mass is 375 g/mol. The van der Waals surface area contributed by atoms with Crippen LogP contribution in [0.1, 0.15) is 37.7 Å². The second kappa shape index (κ2) is 7.05. The smallest absolute Gasteiger partial charge is 0.261 e. The van der Waals surface area contributed by atoms with E-state index in [9.17, 15) is 18.0 Å². The molecule has 0 atom stereocenters. The first-order valence-electron chi connectivity index (χ1n) is 8.36. The van der Waals surface area contributed by atoms with Crippen LogP contribution in [0, 0.1) is 13.8 Å². The second-order valence-electron chi connectivity index (χ2n) is 6.37. The van der Waals surface area contributed by atoms with E-state index in [2.05, 4.69) is 9.71 Å². The van der Waals surface area contributed by atoms with Gasteiger partial charge in [-0.05, 0) is 44.0 Å². The standard InChI is InChI=1S/C18H21N3O4S/c1-12-11-14(13(2)20-12)7-8-19-26(24,25)10-9-21-17(22)15-5-3-4-6-16(15)18(21)23/h3-6,11,19-20H,7-10H2,1-2H3. The molecule has 138 valence electrons. The van der Waals surface area contributed by atoms with Gasteiger partial charge in [0.25, 0.3) is 11.8 Å². The highest BCUT2D eigenvalue weighted by atomic mass is 32.2. The van der Waals surface area contributed by atoms with Gasteiger partial charge in [-0.2, -0.15) is 0 Å². The van der Waals surface area contributed by atoms with E-state index >= 15 is 0 Å². The zero-order valence-corrected chi connectivity index (χ0v) is 15.5. The summed E-state index contributed by atoms with van der Waals surface area (Å²) in [6.45, 7) is 3.99. The maximum Gasteiger partial charge on any atom is 0.261 e. The van der Waals surface area contributed by atoms with Gasteiger partial charge in [0.15, 0.2) is 0 Å². The number of nitrogens with one attached hydrogen (secondary N) is 2. The van der Waals surface area contributed by atoms with Crippen molar-refractivity contribution in [2.75, 3.05) is 18.8 Å². The molecule has 7 nitrogen and oxygen atoms in total. The quantitative estimate of drug-likeness (QED) is 0.714. The lowest BCUT2D eigenvalue weighted by Gasteiger charge is -2.14. The highest BCUT2D eigenvalue weighted by molar-refractivity contribution is 7.89. The van der Waals surface area contributed by atoms with Gasteiger partial charge in [-0.15, -0.1) is 0 Å². The summed E-state index contributed by atoms with van der Waals surface area (Å²) in [5.41, 5.74) is 3.76. The van der Waals surface area contributed by atoms with Crippen molar-refractivity contribution in [2.45, 2.75) is 20.3 Å². The molecule has 26 heavy (non-hydrogen) atoms. The van der Waals surface area contributed by atoms with E-state index in [1.165, 1.54) is 0 Å². The number of hydrogen-bond acceptors (Lipinski definition) is 4. The van der Waals surface area contributed by atoms with Crippen LogP contribution < -0.4 is 4.72 Å². The van der Waals surface area contributed by atoms with E-state index in [-0.39, 0.29) is 18.8 Å². The fraction of sp³-hybridized carbons (Fsp3) is 0.333. The number of rotatable bonds is 7. The molecule has 3 rings (SSSR count). The first kappa shape index (κ1) is 18.3. The van der Waals surface area contributed by atoms with Crippen molar-refractivity contribution in [1.29, 1.82) is 0 Å². The molecule has 0 saturated carbocycles. The van der Waals surface area contributed by atoms with Crippen molar-refractivity contribution >= 4 is 21.8 Å². The van der Waals surface area contributed by atoms with Crippen molar-refractivity contribution in [3.8, 4) is 0 Å². The molecule has 1 aromatic carbocycles. The van der Waals surface area contributed by atoms with Crippen molar-refractivity contribution < 1.29 is 18.0 Å². The van der Waals surface area contributed by atoms with Gasteiger partial charge in [-0.25, -0.2) is 13.1 Å².